The summed E-state index contributed by atoms with van der Waals surface area (Å²) in [5.41, 5.74) is 0.240. The van der Waals surface area contributed by atoms with E-state index in [0.29, 0.717) is 42.7 Å². The summed E-state index contributed by atoms with van der Waals surface area (Å²) < 4.78 is 47.4. The number of carbonyl (C=O) groups excluding carboxylic acids is 2. The van der Waals surface area contributed by atoms with Crippen LogP contribution in [0.25, 0.3) is 0 Å². The third-order valence-electron chi connectivity index (χ3n) is 4.59. The lowest BCUT2D eigenvalue weighted by atomic mass is 10.1. The van der Waals surface area contributed by atoms with Crippen LogP contribution in [0.4, 0.5) is 0 Å². The SMILES string of the molecule is COc1ccc(OC)c(C(=O)COC(=O)Cc2ccc(S(=O)(=O)N3CCOCC3)s2)c1. The van der Waals surface area contributed by atoms with E-state index in [1.807, 2.05) is 0 Å². The van der Waals surface area contributed by atoms with Crippen LogP contribution in [0.1, 0.15) is 15.2 Å². The number of hydrogen-bond acceptors (Lipinski definition) is 9. The van der Waals surface area contributed by atoms with Gasteiger partial charge in [-0.05, 0) is 30.3 Å². The molecular formula is C20H23NO8S2. The van der Waals surface area contributed by atoms with E-state index in [0.717, 1.165) is 11.3 Å². The summed E-state index contributed by atoms with van der Waals surface area (Å²) in [5, 5.41) is 0. The number of methoxy groups -OCH3 is 2. The molecule has 2 aromatic rings. The van der Waals surface area contributed by atoms with Crippen LogP contribution in [0.15, 0.2) is 34.5 Å². The molecule has 0 radical (unpaired) electrons. The number of Topliss-reactive ketones (excluding diaryl/α,β-unsaturated/α-hetero) is 1. The summed E-state index contributed by atoms with van der Waals surface area (Å²) >= 11 is 1.01. The van der Waals surface area contributed by atoms with E-state index in [2.05, 4.69) is 0 Å². The van der Waals surface area contributed by atoms with Crippen LogP contribution in [-0.4, -0.2) is 71.6 Å². The molecule has 0 N–H and O–H groups in total. The van der Waals surface area contributed by atoms with E-state index in [1.165, 1.54) is 30.7 Å². The van der Waals surface area contributed by atoms with Gasteiger partial charge in [-0.25, -0.2) is 8.42 Å². The average molecular weight is 470 g/mol. The van der Waals surface area contributed by atoms with Crippen molar-refractivity contribution < 1.29 is 37.0 Å². The molecule has 1 aliphatic heterocycles. The number of benzene rings is 1. The lowest BCUT2D eigenvalue weighted by Gasteiger charge is -2.25. The molecule has 9 nitrogen and oxygen atoms in total. The van der Waals surface area contributed by atoms with Crippen LogP contribution >= 0.6 is 11.3 Å². The molecule has 1 aliphatic rings. The van der Waals surface area contributed by atoms with Crippen molar-refractivity contribution in [1.82, 2.24) is 4.31 Å². The first kappa shape index (κ1) is 23.2. The molecule has 0 unspecified atom stereocenters. The maximum atomic E-state index is 12.7. The molecule has 2 heterocycles. The number of ether oxygens (including phenoxy) is 4. The van der Waals surface area contributed by atoms with Gasteiger partial charge in [-0.2, -0.15) is 4.31 Å². The molecule has 1 saturated heterocycles. The Kier molecular flexibility index (Phi) is 7.65. The smallest absolute Gasteiger partial charge is 0.311 e. The highest BCUT2D eigenvalue weighted by Gasteiger charge is 2.28. The first-order valence-electron chi connectivity index (χ1n) is 9.42. The number of carbonyl (C=O) groups is 2. The van der Waals surface area contributed by atoms with Gasteiger partial charge >= 0.3 is 5.97 Å². The van der Waals surface area contributed by atoms with Gasteiger partial charge in [0.05, 0.1) is 39.4 Å². The maximum absolute atomic E-state index is 12.7. The maximum Gasteiger partial charge on any atom is 0.311 e. The second-order valence-corrected chi connectivity index (χ2v) is 9.90. The van der Waals surface area contributed by atoms with Crippen LogP contribution in [0.5, 0.6) is 11.5 Å². The second kappa shape index (κ2) is 10.2. The number of ketones is 1. The molecule has 3 rings (SSSR count). The van der Waals surface area contributed by atoms with Crippen molar-refractivity contribution in [1.29, 1.82) is 0 Å². The zero-order chi connectivity index (χ0) is 22.4. The van der Waals surface area contributed by atoms with E-state index in [1.54, 1.807) is 18.2 Å². The fourth-order valence-electron chi connectivity index (χ4n) is 2.96. The van der Waals surface area contributed by atoms with Crippen molar-refractivity contribution in [3.05, 3.63) is 40.8 Å². The predicted octanol–water partition coefficient (Wildman–Crippen LogP) is 1.75. The number of nitrogens with zero attached hydrogens (tertiary/aromatic N) is 1. The highest BCUT2D eigenvalue weighted by Crippen LogP contribution is 2.27. The molecular weight excluding hydrogens is 446 g/mol. The van der Waals surface area contributed by atoms with Gasteiger partial charge in [-0.1, -0.05) is 0 Å². The van der Waals surface area contributed by atoms with Crippen molar-refractivity contribution >= 4 is 33.1 Å². The zero-order valence-corrected chi connectivity index (χ0v) is 18.8. The lowest BCUT2D eigenvalue weighted by molar-refractivity contribution is -0.141. The van der Waals surface area contributed by atoms with Crippen LogP contribution in [0.3, 0.4) is 0 Å². The van der Waals surface area contributed by atoms with E-state index < -0.39 is 28.4 Å². The van der Waals surface area contributed by atoms with Crippen molar-refractivity contribution in [3.8, 4) is 11.5 Å². The third kappa shape index (κ3) is 5.62. The molecule has 0 spiro atoms. The number of esters is 1. The monoisotopic (exact) mass is 469 g/mol. The molecule has 31 heavy (non-hydrogen) atoms. The van der Waals surface area contributed by atoms with Gasteiger partial charge in [0.15, 0.2) is 6.61 Å². The lowest BCUT2D eigenvalue weighted by Crippen LogP contribution is -2.40. The molecule has 0 aliphatic carbocycles. The third-order valence-corrected chi connectivity index (χ3v) is 8.04. The van der Waals surface area contributed by atoms with E-state index in [-0.39, 0.29) is 16.2 Å². The van der Waals surface area contributed by atoms with Gasteiger partial charge in [-0.15, -0.1) is 11.3 Å². The Morgan fingerprint density at radius 1 is 1.10 bits per heavy atom. The fourth-order valence-corrected chi connectivity index (χ4v) is 5.86. The second-order valence-electron chi connectivity index (χ2n) is 6.56. The Bertz CT molecular complexity index is 1040. The number of rotatable bonds is 9. The zero-order valence-electron chi connectivity index (χ0n) is 17.2. The van der Waals surface area contributed by atoms with Crippen LogP contribution in [0.2, 0.25) is 0 Å². The van der Waals surface area contributed by atoms with Crippen LogP contribution < -0.4 is 9.47 Å². The topological polar surface area (TPSA) is 108 Å². The van der Waals surface area contributed by atoms with Crippen molar-refractivity contribution in [2.75, 3.05) is 47.1 Å². The fraction of sp³-hybridized carbons (Fsp3) is 0.400. The number of sulfonamides is 1. The summed E-state index contributed by atoms with van der Waals surface area (Å²) in [6.07, 6.45) is -0.133. The summed E-state index contributed by atoms with van der Waals surface area (Å²) in [7, 11) is -0.702. The van der Waals surface area contributed by atoms with E-state index in [4.69, 9.17) is 18.9 Å². The Labute approximate surface area is 184 Å². The summed E-state index contributed by atoms with van der Waals surface area (Å²) in [6, 6.07) is 7.81. The standard InChI is InChI=1S/C20H23NO8S2/c1-26-14-3-5-18(27-2)16(11-14)17(22)13-29-19(23)12-15-4-6-20(30-15)31(24,25)21-7-9-28-10-8-21/h3-6,11H,7-10,12-13H2,1-2H3. The van der Waals surface area contributed by atoms with Crippen molar-refractivity contribution in [3.63, 3.8) is 0 Å². The number of thiophene rings is 1. The first-order chi connectivity index (χ1) is 14.8. The van der Waals surface area contributed by atoms with Crippen LogP contribution in [-0.2, 0) is 30.7 Å². The minimum atomic E-state index is -3.61. The molecule has 168 valence electrons. The van der Waals surface area contributed by atoms with Gasteiger partial charge in [0, 0.05) is 18.0 Å². The predicted molar refractivity (Wildman–Crippen MR) is 112 cm³/mol. The number of morpholine rings is 1. The Morgan fingerprint density at radius 3 is 2.52 bits per heavy atom. The summed E-state index contributed by atoms with van der Waals surface area (Å²) in [4.78, 5) is 25.2. The molecule has 1 fully saturated rings. The van der Waals surface area contributed by atoms with E-state index in [9.17, 15) is 18.0 Å². The summed E-state index contributed by atoms with van der Waals surface area (Å²) in [6.45, 7) is 0.847. The van der Waals surface area contributed by atoms with Gasteiger partial charge < -0.3 is 18.9 Å². The largest absolute Gasteiger partial charge is 0.497 e. The van der Waals surface area contributed by atoms with Crippen molar-refractivity contribution in [2.24, 2.45) is 0 Å². The first-order valence-corrected chi connectivity index (χ1v) is 11.7. The highest BCUT2D eigenvalue weighted by atomic mass is 32.2. The van der Waals surface area contributed by atoms with Gasteiger partial charge in [-0.3, -0.25) is 9.59 Å². The Balaban J connectivity index is 1.59. The Morgan fingerprint density at radius 2 is 1.84 bits per heavy atom. The van der Waals surface area contributed by atoms with Crippen molar-refractivity contribution in [2.45, 2.75) is 10.6 Å². The Hall–Kier alpha value is -2.47. The van der Waals surface area contributed by atoms with Gasteiger partial charge in [0.25, 0.3) is 10.0 Å². The average Bonchev–Trinajstić information content (AvgIpc) is 3.26. The highest BCUT2D eigenvalue weighted by molar-refractivity contribution is 7.91. The van der Waals surface area contributed by atoms with E-state index >= 15 is 0 Å². The molecule has 11 heteroatoms. The van der Waals surface area contributed by atoms with Gasteiger partial charge in [0.1, 0.15) is 15.7 Å². The quantitative estimate of drug-likeness (QED) is 0.404. The molecule has 1 aromatic carbocycles. The van der Waals surface area contributed by atoms with Crippen LogP contribution in [0, 0.1) is 0 Å². The number of hydrogen-bond donors (Lipinski definition) is 0. The molecule has 0 saturated carbocycles. The molecule has 0 amide bonds. The minimum absolute atomic E-state index is 0.133. The molecule has 0 bridgehead atoms. The normalized spacial score (nSPS) is 14.8. The summed E-state index contributed by atoms with van der Waals surface area (Å²) in [5.74, 6) is -0.251. The van der Waals surface area contributed by atoms with Gasteiger partial charge in [0.2, 0.25) is 5.78 Å². The minimum Gasteiger partial charge on any atom is -0.497 e. The molecule has 1 aromatic heterocycles. The molecule has 0 atom stereocenters.